The molecule has 1 aromatic heterocycles. The smallest absolute Gasteiger partial charge is 0.275 e. The van der Waals surface area contributed by atoms with Crippen LogP contribution in [0, 0.1) is 0 Å². The average molecular weight is 452 g/mol. The predicted molar refractivity (Wildman–Crippen MR) is 103 cm³/mol. The number of aromatic hydroxyl groups is 1. The molecule has 0 radical (unpaired) electrons. The van der Waals surface area contributed by atoms with Crippen molar-refractivity contribution in [3.8, 4) is 5.75 Å². The van der Waals surface area contributed by atoms with Gasteiger partial charge in [-0.05, 0) is 36.4 Å². The number of rotatable bonds is 4. The number of fused-ring (bicyclic) bond motifs is 1. The van der Waals surface area contributed by atoms with Gasteiger partial charge in [-0.1, -0.05) is 28.1 Å². The summed E-state index contributed by atoms with van der Waals surface area (Å²) in [6.07, 6.45) is 0. The highest BCUT2D eigenvalue weighted by Crippen LogP contribution is 2.25. The third kappa shape index (κ3) is 3.59. The second-order valence-electron chi connectivity index (χ2n) is 5.62. The van der Waals surface area contributed by atoms with Crippen LogP contribution >= 0.6 is 15.9 Å². The molecule has 0 unspecified atom stereocenters. The lowest BCUT2D eigenvalue weighted by atomic mass is 10.1. The zero-order chi connectivity index (χ0) is 19.8. The molecule has 3 aromatic rings. The molecule has 0 aliphatic rings. The number of carbonyl (C=O) groups excluding carboxylic acids is 1. The van der Waals surface area contributed by atoms with Crippen LogP contribution in [0.2, 0.25) is 0 Å². The molecule has 0 aliphatic carbocycles. The fourth-order valence-electron chi connectivity index (χ4n) is 2.53. The van der Waals surface area contributed by atoms with Gasteiger partial charge in [0.1, 0.15) is 11.3 Å². The van der Waals surface area contributed by atoms with Crippen LogP contribution in [0.5, 0.6) is 5.75 Å². The second kappa shape index (κ2) is 7.14. The first-order chi connectivity index (χ1) is 12.7. The van der Waals surface area contributed by atoms with Crippen LogP contribution in [0.1, 0.15) is 10.4 Å². The van der Waals surface area contributed by atoms with E-state index in [2.05, 4.69) is 15.9 Å². The van der Waals surface area contributed by atoms with Crippen molar-refractivity contribution in [3.05, 3.63) is 68.9 Å². The Morgan fingerprint density at radius 2 is 1.74 bits per heavy atom. The van der Waals surface area contributed by atoms with Gasteiger partial charge < -0.3 is 9.67 Å². The van der Waals surface area contributed by atoms with Crippen molar-refractivity contribution in [2.75, 3.05) is 0 Å². The van der Waals surface area contributed by atoms with Gasteiger partial charge in [0.15, 0.2) is 0 Å². The van der Waals surface area contributed by atoms with Crippen LogP contribution in [0.15, 0.2) is 62.7 Å². The molecular weight excluding hydrogens is 438 g/mol. The third-order valence-electron chi connectivity index (χ3n) is 3.93. The minimum absolute atomic E-state index is 0.0818. The van der Waals surface area contributed by atoms with Crippen molar-refractivity contribution >= 4 is 42.8 Å². The summed E-state index contributed by atoms with van der Waals surface area (Å²) in [5, 5.41) is 10.6. The summed E-state index contributed by atoms with van der Waals surface area (Å²) in [6.45, 7) is 0. The van der Waals surface area contributed by atoms with Gasteiger partial charge in [-0.25, -0.2) is 8.42 Å². The van der Waals surface area contributed by atoms with E-state index in [-0.39, 0.29) is 4.90 Å². The number of amides is 1. The number of para-hydroxylation sites is 1. The topological polar surface area (TPSA) is 118 Å². The number of sulfonamides is 1. The molecule has 27 heavy (non-hydrogen) atoms. The van der Waals surface area contributed by atoms with E-state index < -0.39 is 32.8 Å². The number of carbonyl (C=O) groups is 1. The molecule has 0 atom stereocenters. The van der Waals surface area contributed by atoms with Gasteiger partial charge in [-0.15, -0.1) is 4.83 Å². The highest BCUT2D eigenvalue weighted by Gasteiger charge is 2.23. The summed E-state index contributed by atoms with van der Waals surface area (Å²) in [5.41, 5.74) is 1.08. The van der Waals surface area contributed by atoms with Crippen molar-refractivity contribution in [3.63, 3.8) is 0 Å². The van der Waals surface area contributed by atoms with Gasteiger partial charge in [0, 0.05) is 16.9 Å². The Bertz CT molecular complexity index is 1200. The maximum Gasteiger partial charge on any atom is 0.275 e. The summed E-state index contributed by atoms with van der Waals surface area (Å²) < 4.78 is 26.4. The number of aromatic nitrogens is 1. The number of halogens is 1. The van der Waals surface area contributed by atoms with E-state index in [4.69, 9.17) is 0 Å². The number of hydrogen-bond acceptors (Lipinski definition) is 5. The van der Waals surface area contributed by atoms with Gasteiger partial charge in [0.05, 0.1) is 10.4 Å². The van der Waals surface area contributed by atoms with Crippen molar-refractivity contribution in [2.45, 2.75) is 4.90 Å². The Kier molecular flexibility index (Phi) is 5.05. The second-order valence-corrected chi connectivity index (χ2v) is 8.22. The normalized spacial score (nSPS) is 11.5. The Morgan fingerprint density at radius 1 is 1.11 bits per heavy atom. The number of hydrogen-bond donors (Lipinski definition) is 3. The number of nitrogens with zero attached hydrogens (tertiary/aromatic N) is 1. The molecule has 1 heterocycles. The molecule has 3 N–H and O–H groups in total. The molecule has 0 aliphatic heterocycles. The van der Waals surface area contributed by atoms with Crippen LogP contribution in [-0.4, -0.2) is 24.0 Å². The quantitative estimate of drug-likeness (QED) is 0.521. The van der Waals surface area contributed by atoms with E-state index in [9.17, 15) is 23.1 Å². The summed E-state index contributed by atoms with van der Waals surface area (Å²) in [4.78, 5) is 26.7. The Balaban J connectivity index is 1.93. The molecule has 0 fully saturated rings. The van der Waals surface area contributed by atoms with E-state index in [1.54, 1.807) is 24.3 Å². The number of benzene rings is 2. The SMILES string of the molecule is Cn1c(=O)c(C(=O)NNS(=O)(=O)c2ccc(Br)cc2)c(O)c2ccccc21. The average Bonchev–Trinajstić information content (AvgIpc) is 2.65. The Labute approximate surface area is 162 Å². The number of hydrazine groups is 1. The van der Waals surface area contributed by atoms with Crippen LogP contribution in [0.4, 0.5) is 0 Å². The van der Waals surface area contributed by atoms with Gasteiger partial charge >= 0.3 is 0 Å². The molecule has 0 spiro atoms. The first kappa shape index (κ1) is 19.1. The van der Waals surface area contributed by atoms with Gasteiger partial charge in [-0.3, -0.25) is 15.0 Å². The molecule has 3 rings (SSSR count). The predicted octanol–water partition coefficient (Wildman–Crippen LogP) is 1.63. The molecule has 140 valence electrons. The third-order valence-corrected chi connectivity index (χ3v) is 5.72. The molecule has 0 bridgehead atoms. The first-order valence-electron chi connectivity index (χ1n) is 7.61. The van der Waals surface area contributed by atoms with Crippen molar-refractivity contribution < 1.29 is 18.3 Å². The highest BCUT2D eigenvalue weighted by atomic mass is 79.9. The number of nitrogens with one attached hydrogen (secondary N) is 2. The molecular formula is C17H14BrN3O5S. The zero-order valence-corrected chi connectivity index (χ0v) is 16.3. The summed E-state index contributed by atoms with van der Waals surface area (Å²) in [5.74, 6) is -1.59. The maximum absolute atomic E-state index is 12.4. The molecule has 0 saturated carbocycles. The van der Waals surface area contributed by atoms with E-state index in [0.717, 1.165) is 0 Å². The van der Waals surface area contributed by atoms with Crippen LogP contribution in [-0.2, 0) is 17.1 Å². The lowest BCUT2D eigenvalue weighted by Gasteiger charge is -2.12. The lowest BCUT2D eigenvalue weighted by molar-refractivity contribution is 0.0940. The Hall–Kier alpha value is -2.69. The lowest BCUT2D eigenvalue weighted by Crippen LogP contribution is -2.43. The zero-order valence-electron chi connectivity index (χ0n) is 13.9. The van der Waals surface area contributed by atoms with E-state index in [0.29, 0.717) is 15.4 Å². The van der Waals surface area contributed by atoms with Gasteiger partial charge in [0.2, 0.25) is 0 Å². The monoisotopic (exact) mass is 451 g/mol. The Morgan fingerprint density at radius 3 is 2.41 bits per heavy atom. The van der Waals surface area contributed by atoms with Crippen LogP contribution < -0.4 is 15.8 Å². The first-order valence-corrected chi connectivity index (χ1v) is 9.88. The number of aryl methyl sites for hydroxylation is 1. The fourth-order valence-corrected chi connectivity index (χ4v) is 3.64. The van der Waals surface area contributed by atoms with E-state index in [1.807, 2.05) is 10.3 Å². The van der Waals surface area contributed by atoms with Crippen LogP contribution in [0.3, 0.4) is 0 Å². The van der Waals surface area contributed by atoms with Gasteiger partial charge in [-0.2, -0.15) is 0 Å². The van der Waals surface area contributed by atoms with Crippen molar-refractivity contribution in [1.29, 1.82) is 0 Å². The molecule has 0 saturated heterocycles. The molecule has 1 amide bonds. The maximum atomic E-state index is 12.4. The minimum Gasteiger partial charge on any atom is -0.506 e. The summed E-state index contributed by atoms with van der Waals surface area (Å²) in [6, 6.07) is 12.2. The van der Waals surface area contributed by atoms with Gasteiger partial charge in [0.25, 0.3) is 21.5 Å². The van der Waals surface area contributed by atoms with Crippen molar-refractivity contribution in [1.82, 2.24) is 14.8 Å². The summed E-state index contributed by atoms with van der Waals surface area (Å²) >= 11 is 3.20. The fraction of sp³-hybridized carbons (Fsp3) is 0.0588. The number of pyridine rings is 1. The van der Waals surface area contributed by atoms with Crippen LogP contribution in [0.25, 0.3) is 10.9 Å². The molecule has 2 aromatic carbocycles. The molecule has 8 nitrogen and oxygen atoms in total. The minimum atomic E-state index is -4.05. The van der Waals surface area contributed by atoms with Crippen molar-refractivity contribution in [2.24, 2.45) is 7.05 Å². The summed E-state index contributed by atoms with van der Waals surface area (Å²) in [7, 11) is -2.60. The standard InChI is InChI=1S/C17H14BrN3O5S/c1-21-13-5-3-2-4-12(13)15(22)14(17(21)24)16(23)19-20-27(25,26)11-8-6-10(18)7-9-11/h2-9,20,22H,1H3,(H,19,23). The largest absolute Gasteiger partial charge is 0.506 e. The van der Waals surface area contributed by atoms with E-state index in [1.165, 1.54) is 35.9 Å². The molecule has 10 heteroatoms. The van der Waals surface area contributed by atoms with E-state index >= 15 is 0 Å². The highest BCUT2D eigenvalue weighted by molar-refractivity contribution is 9.10.